The van der Waals surface area contributed by atoms with Crippen LogP contribution in [-0.2, 0) is 19.1 Å². The van der Waals surface area contributed by atoms with Crippen LogP contribution >= 0.6 is 0 Å². The molecule has 0 aromatic carbocycles. The van der Waals surface area contributed by atoms with Crippen LogP contribution in [0.3, 0.4) is 0 Å². The molecule has 0 N–H and O–H groups in total. The minimum absolute atomic E-state index is 0.00863. The van der Waals surface area contributed by atoms with Crippen LogP contribution in [0.1, 0.15) is 13.8 Å². The first kappa shape index (κ1) is 33.8. The Morgan fingerprint density at radius 1 is 0.694 bits per heavy atom. The van der Waals surface area contributed by atoms with E-state index in [1.807, 2.05) is 0 Å². The van der Waals surface area contributed by atoms with E-state index in [0.717, 1.165) is 0 Å². The smallest absolute Gasteiger partial charge is 0.460 e. The van der Waals surface area contributed by atoms with Crippen molar-refractivity contribution in [2.75, 3.05) is 7.11 Å². The quantitative estimate of drug-likeness (QED) is 0.132. The van der Waals surface area contributed by atoms with Crippen molar-refractivity contribution >= 4 is 25.6 Å². The molecule has 4 nitrogen and oxygen atoms in total. The zero-order valence-electron chi connectivity index (χ0n) is 18.1. The van der Waals surface area contributed by atoms with E-state index in [1.54, 1.807) is 0 Å². The van der Waals surface area contributed by atoms with E-state index in [2.05, 4.69) is 11.3 Å². The number of ketones is 2. The van der Waals surface area contributed by atoms with Gasteiger partial charge >= 0.3 is 42.0 Å². The van der Waals surface area contributed by atoms with Crippen molar-refractivity contribution in [3.8, 4) is 0 Å². The first-order chi connectivity index (χ1) is 15.7. The summed E-state index contributed by atoms with van der Waals surface area (Å²) in [5.74, 6) is -41.4. The van der Waals surface area contributed by atoms with Crippen LogP contribution in [-0.4, -0.2) is 68.8 Å². The number of rotatable bonds is 11. The highest BCUT2D eigenvalue weighted by atomic mass is 28.3. The summed E-state index contributed by atoms with van der Waals surface area (Å²) in [4.78, 5) is 37.8. The summed E-state index contributed by atoms with van der Waals surface area (Å²) in [6.45, 7) is 4.20. The van der Waals surface area contributed by atoms with Crippen molar-refractivity contribution in [3.63, 3.8) is 0 Å². The normalized spacial score (nSPS) is 14.9. The number of alkyl halides is 14. The Kier molecular flexibility index (Phi) is 9.00. The molecule has 0 aliphatic heterocycles. The van der Waals surface area contributed by atoms with Crippen molar-refractivity contribution in [1.29, 1.82) is 0 Å². The minimum Gasteiger partial charge on any atom is -0.468 e. The Morgan fingerprint density at radius 3 is 1.14 bits per heavy atom. The second-order valence-electron chi connectivity index (χ2n) is 7.26. The van der Waals surface area contributed by atoms with Gasteiger partial charge < -0.3 is 4.74 Å². The molecular weight excluding hydrogens is 562 g/mol. The van der Waals surface area contributed by atoms with Crippen molar-refractivity contribution in [2.45, 2.75) is 67.0 Å². The highest BCUT2D eigenvalue weighted by Gasteiger charge is 2.87. The van der Waals surface area contributed by atoms with Crippen LogP contribution in [0.5, 0.6) is 0 Å². The average molecular weight is 578 g/mol. The standard InChI is InChI=1S/C17H16F14O4Si/c1-5-36(6-2,7-3)11(10(34)35-4,8(32)12(18,19)14(22,23)16(26,27)28)9(33)13(20,21)15(24,25)17(29,30)31/h5H,1,6-7H2,2-4H3. The molecule has 19 heteroatoms. The van der Waals surface area contributed by atoms with E-state index in [9.17, 15) is 75.8 Å². The number of hydrogen-bond acceptors (Lipinski definition) is 4. The molecule has 0 aliphatic rings. The molecule has 0 atom stereocenters. The van der Waals surface area contributed by atoms with Gasteiger partial charge in [0.25, 0.3) is 0 Å². The van der Waals surface area contributed by atoms with Gasteiger partial charge in [0.1, 0.15) is 8.07 Å². The predicted molar refractivity (Wildman–Crippen MR) is 93.5 cm³/mol. The number of halogens is 14. The first-order valence-electron chi connectivity index (χ1n) is 9.19. The van der Waals surface area contributed by atoms with E-state index in [4.69, 9.17) is 0 Å². The lowest BCUT2D eigenvalue weighted by atomic mass is 9.85. The number of ether oxygens (including phenoxy) is 1. The van der Waals surface area contributed by atoms with E-state index in [-0.39, 0.29) is 12.8 Å². The molecule has 0 spiro atoms. The van der Waals surface area contributed by atoms with Gasteiger partial charge in [0.15, 0.2) is 5.04 Å². The number of Topliss-reactive ketones (excluding diaryl/α,β-unsaturated/α-hetero) is 2. The molecule has 0 amide bonds. The zero-order chi connectivity index (χ0) is 29.6. The number of esters is 1. The highest BCUT2D eigenvalue weighted by molar-refractivity contribution is 6.97. The molecule has 0 radical (unpaired) electrons. The zero-order valence-corrected chi connectivity index (χ0v) is 19.1. The van der Waals surface area contributed by atoms with E-state index >= 15 is 0 Å². The van der Waals surface area contributed by atoms with E-state index in [1.165, 1.54) is 0 Å². The van der Waals surface area contributed by atoms with Crippen molar-refractivity contribution in [3.05, 3.63) is 12.3 Å². The maximum atomic E-state index is 14.5. The fourth-order valence-electron chi connectivity index (χ4n) is 3.43. The van der Waals surface area contributed by atoms with Crippen LogP contribution in [0.2, 0.25) is 17.1 Å². The van der Waals surface area contributed by atoms with Gasteiger partial charge in [0.05, 0.1) is 7.11 Å². The third kappa shape index (κ3) is 4.29. The minimum atomic E-state index is -7.53. The molecule has 0 rings (SSSR count). The molecule has 0 unspecified atom stereocenters. The van der Waals surface area contributed by atoms with Gasteiger partial charge in [0.2, 0.25) is 11.6 Å². The molecule has 0 aromatic heterocycles. The van der Waals surface area contributed by atoms with Crippen molar-refractivity contribution < 1.29 is 80.6 Å². The Balaban J connectivity index is 8.15. The van der Waals surface area contributed by atoms with Crippen molar-refractivity contribution in [2.24, 2.45) is 0 Å². The maximum Gasteiger partial charge on any atom is 0.460 e. The number of hydrogen-bond donors (Lipinski definition) is 0. The van der Waals surface area contributed by atoms with Gasteiger partial charge in [-0.05, 0) is 0 Å². The number of carbonyl (C=O) groups is 3. The van der Waals surface area contributed by atoms with Crippen molar-refractivity contribution in [1.82, 2.24) is 0 Å². The van der Waals surface area contributed by atoms with Crippen LogP contribution in [0, 0.1) is 0 Å². The topological polar surface area (TPSA) is 60.4 Å². The molecule has 0 saturated carbocycles. The average Bonchev–Trinajstić information content (AvgIpc) is 2.74. The van der Waals surface area contributed by atoms with Gasteiger partial charge in [-0.1, -0.05) is 31.6 Å². The van der Waals surface area contributed by atoms with Gasteiger partial charge in [-0.15, -0.1) is 6.58 Å². The Morgan fingerprint density at radius 2 is 0.972 bits per heavy atom. The second-order valence-corrected chi connectivity index (χ2v) is 12.1. The lowest BCUT2D eigenvalue weighted by Crippen LogP contribution is -2.72. The second kappa shape index (κ2) is 9.59. The SMILES string of the molecule is C=C[Si](CC)(CC)C(C(=O)OC)(C(=O)C(F)(F)C(F)(F)C(F)(F)F)C(=O)C(F)(F)C(F)(F)C(F)(F)F. The molecule has 210 valence electrons. The monoisotopic (exact) mass is 578 g/mol. The summed E-state index contributed by atoms with van der Waals surface area (Å²) in [6, 6.07) is -2.36. The number of carbonyl (C=O) groups excluding carboxylic acids is 3. The molecule has 36 heavy (non-hydrogen) atoms. The summed E-state index contributed by atoms with van der Waals surface area (Å²) in [7, 11) is -5.48. The van der Waals surface area contributed by atoms with Gasteiger partial charge in [-0.2, -0.15) is 61.5 Å². The summed E-state index contributed by atoms with van der Waals surface area (Å²) in [6.07, 6.45) is -14.7. The maximum absolute atomic E-state index is 14.5. The molecule has 0 heterocycles. The van der Waals surface area contributed by atoms with Crippen LogP contribution in [0.4, 0.5) is 61.5 Å². The number of methoxy groups -OCH3 is 1. The van der Waals surface area contributed by atoms with Gasteiger partial charge in [0, 0.05) is 0 Å². The van der Waals surface area contributed by atoms with Gasteiger partial charge in [-0.3, -0.25) is 14.4 Å². The molecular formula is C17H16F14O4Si. The molecule has 0 aromatic rings. The summed E-state index contributed by atoms with van der Waals surface area (Å²) >= 11 is 0. The van der Waals surface area contributed by atoms with Gasteiger partial charge in [-0.25, -0.2) is 0 Å². The van der Waals surface area contributed by atoms with E-state index in [0.29, 0.717) is 13.8 Å². The molecule has 0 saturated heterocycles. The Labute approximate surface area is 193 Å². The van der Waals surface area contributed by atoms with Crippen LogP contribution < -0.4 is 0 Å². The third-order valence-electron chi connectivity index (χ3n) is 5.64. The Bertz CT molecular complexity index is 837. The fraction of sp³-hybridized carbons (Fsp3) is 0.706. The lowest BCUT2D eigenvalue weighted by molar-refractivity contribution is -0.346. The molecule has 0 aliphatic carbocycles. The fourth-order valence-corrected chi connectivity index (χ4v) is 7.60. The first-order valence-corrected chi connectivity index (χ1v) is 11.7. The lowest BCUT2D eigenvalue weighted by Gasteiger charge is -2.46. The highest BCUT2D eigenvalue weighted by Crippen LogP contribution is 2.60. The summed E-state index contributed by atoms with van der Waals surface area (Å²) < 4.78 is 192. The summed E-state index contributed by atoms with van der Waals surface area (Å²) in [5, 5.41) is -5.37. The third-order valence-corrected chi connectivity index (χ3v) is 11.1. The summed E-state index contributed by atoms with van der Waals surface area (Å²) in [5.41, 5.74) is 0.0866. The molecule has 0 fully saturated rings. The predicted octanol–water partition coefficient (Wildman–Crippen LogP) is 5.92. The molecule has 0 bridgehead atoms. The van der Waals surface area contributed by atoms with Crippen LogP contribution in [0.15, 0.2) is 12.3 Å². The Hall–Kier alpha value is -2.21. The van der Waals surface area contributed by atoms with Crippen LogP contribution in [0.25, 0.3) is 0 Å². The van der Waals surface area contributed by atoms with E-state index < -0.39 is 78.8 Å². The largest absolute Gasteiger partial charge is 0.468 e.